The number of hydrogen-bond donors (Lipinski definition) is 2. The zero-order valence-electron chi connectivity index (χ0n) is 21.5. The Balaban J connectivity index is 1.38. The largest absolute Gasteiger partial charge is 0.493 e. The lowest BCUT2D eigenvalue weighted by Crippen LogP contribution is -2.38. The Hall–Kier alpha value is -2.99. The Labute approximate surface area is 209 Å². The molecular weight excluding hydrogens is 438 g/mol. The van der Waals surface area contributed by atoms with E-state index < -0.39 is 6.09 Å². The maximum absolute atomic E-state index is 12.6. The van der Waals surface area contributed by atoms with Gasteiger partial charge in [0.25, 0.3) is 0 Å². The number of anilines is 1. The van der Waals surface area contributed by atoms with Crippen LogP contribution in [0.4, 0.5) is 10.5 Å². The van der Waals surface area contributed by atoms with E-state index in [-0.39, 0.29) is 0 Å². The summed E-state index contributed by atoms with van der Waals surface area (Å²) in [7, 11) is 0. The minimum Gasteiger partial charge on any atom is -0.493 e. The van der Waals surface area contributed by atoms with Crippen LogP contribution in [-0.4, -0.2) is 42.2 Å². The number of benzene rings is 2. The molecule has 0 unspecified atom stereocenters. The molecule has 0 aliphatic carbocycles. The third kappa shape index (κ3) is 7.01. The summed E-state index contributed by atoms with van der Waals surface area (Å²) in [6.45, 7) is 13.1. The van der Waals surface area contributed by atoms with Crippen molar-refractivity contribution in [3.05, 3.63) is 54.2 Å². The second-order valence-corrected chi connectivity index (χ2v) is 10.8. The van der Waals surface area contributed by atoms with Crippen molar-refractivity contribution in [3.63, 3.8) is 0 Å². The molecular formula is C29H39N3O3. The molecule has 1 aliphatic heterocycles. The second kappa shape index (κ2) is 11.2. The minimum atomic E-state index is -0.511. The van der Waals surface area contributed by atoms with Gasteiger partial charge in [-0.1, -0.05) is 40.2 Å². The molecule has 1 aromatic heterocycles. The highest BCUT2D eigenvalue weighted by Crippen LogP contribution is 2.35. The van der Waals surface area contributed by atoms with Gasteiger partial charge in [-0.3, -0.25) is 5.32 Å². The zero-order valence-corrected chi connectivity index (χ0v) is 21.5. The van der Waals surface area contributed by atoms with E-state index in [1.807, 2.05) is 30.3 Å². The summed E-state index contributed by atoms with van der Waals surface area (Å²) < 4.78 is 11.2. The van der Waals surface area contributed by atoms with E-state index in [4.69, 9.17) is 9.47 Å². The number of hydrogen-bond acceptors (Lipinski definition) is 4. The van der Waals surface area contributed by atoms with Crippen molar-refractivity contribution in [1.82, 2.24) is 9.88 Å². The number of fused-ring (bicyclic) bond motifs is 1. The van der Waals surface area contributed by atoms with E-state index in [1.165, 1.54) is 10.9 Å². The summed E-state index contributed by atoms with van der Waals surface area (Å²) in [5.41, 5.74) is 3.48. The number of ether oxygens (including phenoxy) is 2. The molecule has 1 saturated heterocycles. The van der Waals surface area contributed by atoms with E-state index in [1.54, 1.807) is 12.1 Å². The lowest BCUT2D eigenvalue weighted by atomic mass is 9.87. The highest BCUT2D eigenvalue weighted by molar-refractivity contribution is 5.92. The Bertz CT molecular complexity index is 1120. The summed E-state index contributed by atoms with van der Waals surface area (Å²) in [5, 5.41) is 4.05. The first kappa shape index (κ1) is 25.1. The van der Waals surface area contributed by atoms with E-state index >= 15 is 0 Å². The molecule has 2 N–H and O–H groups in total. The molecule has 6 nitrogen and oxygen atoms in total. The van der Waals surface area contributed by atoms with Gasteiger partial charge in [-0.25, -0.2) is 4.79 Å². The van der Waals surface area contributed by atoms with Crippen molar-refractivity contribution in [3.8, 4) is 11.5 Å². The fraction of sp³-hybridized carbons (Fsp3) is 0.483. The average molecular weight is 478 g/mol. The molecule has 0 radical (unpaired) electrons. The SMILES string of the molecule is CCCCOc1cccc(OC(=O)Nc2ccc3[nH]cc(C4CCN(CC(C)(C)C)CC4)c3c2)c1. The molecule has 0 atom stereocenters. The Kier molecular flexibility index (Phi) is 8.01. The highest BCUT2D eigenvalue weighted by Gasteiger charge is 2.25. The molecule has 0 spiro atoms. The van der Waals surface area contributed by atoms with Crippen LogP contribution in [0, 0.1) is 5.41 Å². The van der Waals surface area contributed by atoms with Gasteiger partial charge in [-0.15, -0.1) is 0 Å². The monoisotopic (exact) mass is 477 g/mol. The number of rotatable bonds is 8. The predicted octanol–water partition coefficient (Wildman–Crippen LogP) is 7.18. The second-order valence-electron chi connectivity index (χ2n) is 10.8. The number of amides is 1. The summed E-state index contributed by atoms with van der Waals surface area (Å²) in [4.78, 5) is 18.6. The number of carbonyl (C=O) groups is 1. The van der Waals surface area contributed by atoms with E-state index in [2.05, 4.69) is 49.1 Å². The smallest absolute Gasteiger partial charge is 0.417 e. The van der Waals surface area contributed by atoms with Gasteiger partial charge in [0.15, 0.2) is 0 Å². The third-order valence-corrected chi connectivity index (χ3v) is 6.47. The number of unbranched alkanes of at least 4 members (excludes halogenated alkanes) is 1. The number of carbonyl (C=O) groups excluding carboxylic acids is 1. The van der Waals surface area contributed by atoms with Crippen LogP contribution in [0.15, 0.2) is 48.7 Å². The van der Waals surface area contributed by atoms with Crippen LogP contribution >= 0.6 is 0 Å². The fourth-order valence-corrected chi connectivity index (χ4v) is 4.84. The van der Waals surface area contributed by atoms with Crippen LogP contribution in [0.1, 0.15) is 64.9 Å². The molecule has 4 rings (SSSR count). The van der Waals surface area contributed by atoms with Gasteiger partial charge in [0, 0.05) is 35.4 Å². The summed E-state index contributed by atoms with van der Waals surface area (Å²) in [6.07, 6.45) is 6.00. The van der Waals surface area contributed by atoms with Crippen molar-refractivity contribution in [2.45, 2.75) is 59.3 Å². The molecule has 1 fully saturated rings. The van der Waals surface area contributed by atoms with Crippen molar-refractivity contribution in [2.75, 3.05) is 31.6 Å². The summed E-state index contributed by atoms with van der Waals surface area (Å²) in [6, 6.07) is 13.2. The number of nitrogens with zero attached hydrogens (tertiary/aromatic N) is 1. The lowest BCUT2D eigenvalue weighted by Gasteiger charge is -2.36. The standard InChI is InChI=1S/C29H39N3O3/c1-5-6-16-34-23-8-7-9-24(18-23)35-28(33)31-22-10-11-27-25(17-22)26(19-30-27)21-12-14-32(15-13-21)20-29(2,3)4/h7-11,17-19,21,30H,5-6,12-16,20H2,1-4H3,(H,31,33). The van der Waals surface area contributed by atoms with Gasteiger partial charge in [0.2, 0.25) is 0 Å². The van der Waals surface area contributed by atoms with Gasteiger partial charge >= 0.3 is 6.09 Å². The van der Waals surface area contributed by atoms with Gasteiger partial charge < -0.3 is 19.4 Å². The van der Waals surface area contributed by atoms with Crippen LogP contribution in [0.3, 0.4) is 0 Å². The molecule has 1 amide bonds. The van der Waals surface area contributed by atoms with Crippen LogP contribution in [0.2, 0.25) is 0 Å². The van der Waals surface area contributed by atoms with Crippen LogP contribution < -0.4 is 14.8 Å². The third-order valence-electron chi connectivity index (χ3n) is 6.47. The zero-order chi connectivity index (χ0) is 24.8. The molecule has 188 valence electrons. The minimum absolute atomic E-state index is 0.326. The topological polar surface area (TPSA) is 66.6 Å². The molecule has 3 aromatic rings. The molecule has 0 bridgehead atoms. The van der Waals surface area contributed by atoms with E-state index in [0.29, 0.717) is 29.4 Å². The fourth-order valence-electron chi connectivity index (χ4n) is 4.84. The van der Waals surface area contributed by atoms with Gasteiger partial charge in [-0.05, 0) is 79.6 Å². The van der Waals surface area contributed by atoms with Crippen molar-refractivity contribution < 1.29 is 14.3 Å². The van der Waals surface area contributed by atoms with Gasteiger partial charge in [-0.2, -0.15) is 0 Å². The van der Waals surface area contributed by atoms with Crippen molar-refractivity contribution >= 4 is 22.7 Å². The Morgan fingerprint density at radius 2 is 1.89 bits per heavy atom. The highest BCUT2D eigenvalue weighted by atomic mass is 16.6. The predicted molar refractivity (Wildman–Crippen MR) is 143 cm³/mol. The average Bonchev–Trinajstić information content (AvgIpc) is 3.22. The van der Waals surface area contributed by atoms with Gasteiger partial charge in [0.05, 0.1) is 6.61 Å². The normalized spacial score (nSPS) is 15.3. The van der Waals surface area contributed by atoms with Crippen LogP contribution in [0.25, 0.3) is 10.9 Å². The molecule has 6 heteroatoms. The molecule has 35 heavy (non-hydrogen) atoms. The first-order chi connectivity index (χ1) is 16.8. The molecule has 2 heterocycles. The molecule has 2 aromatic carbocycles. The van der Waals surface area contributed by atoms with Crippen molar-refractivity contribution in [2.24, 2.45) is 5.41 Å². The number of H-pyrrole nitrogens is 1. The lowest BCUT2D eigenvalue weighted by molar-refractivity contribution is 0.154. The number of piperidine rings is 1. The number of likely N-dealkylation sites (tertiary alicyclic amines) is 1. The maximum atomic E-state index is 12.6. The summed E-state index contributed by atoms with van der Waals surface area (Å²) >= 11 is 0. The Morgan fingerprint density at radius 3 is 2.63 bits per heavy atom. The number of aromatic nitrogens is 1. The quantitative estimate of drug-likeness (QED) is 0.337. The van der Waals surface area contributed by atoms with Crippen LogP contribution in [-0.2, 0) is 0 Å². The first-order valence-corrected chi connectivity index (χ1v) is 12.9. The van der Waals surface area contributed by atoms with Gasteiger partial charge in [0.1, 0.15) is 11.5 Å². The molecule has 1 aliphatic rings. The van der Waals surface area contributed by atoms with E-state index in [0.717, 1.165) is 56.5 Å². The van der Waals surface area contributed by atoms with Crippen molar-refractivity contribution in [1.29, 1.82) is 0 Å². The maximum Gasteiger partial charge on any atom is 0.417 e. The Morgan fingerprint density at radius 1 is 1.11 bits per heavy atom. The number of nitrogens with one attached hydrogen (secondary N) is 2. The molecule has 0 saturated carbocycles. The number of aromatic amines is 1. The first-order valence-electron chi connectivity index (χ1n) is 12.9. The van der Waals surface area contributed by atoms with Crippen LogP contribution in [0.5, 0.6) is 11.5 Å². The van der Waals surface area contributed by atoms with E-state index in [9.17, 15) is 4.79 Å². The summed E-state index contributed by atoms with van der Waals surface area (Å²) in [5.74, 6) is 1.69.